The smallest absolute Gasteiger partial charge is 0.294 e. The van der Waals surface area contributed by atoms with Crippen LogP contribution >= 0.6 is 11.6 Å². The molecule has 8 heteroatoms. The number of benzene rings is 2. The molecule has 1 atom stereocenters. The average Bonchev–Trinajstić information content (AvgIpc) is 3.41. The summed E-state index contributed by atoms with van der Waals surface area (Å²) in [7, 11) is 0. The van der Waals surface area contributed by atoms with Crippen LogP contribution in [0.2, 0.25) is 5.02 Å². The molecule has 0 bridgehead atoms. The number of rotatable bonds is 5. The van der Waals surface area contributed by atoms with Crippen LogP contribution in [0.25, 0.3) is 5.69 Å². The van der Waals surface area contributed by atoms with Crippen LogP contribution in [0.5, 0.6) is 0 Å². The summed E-state index contributed by atoms with van der Waals surface area (Å²) < 4.78 is 1.56. The molecular weight excluding hydrogens is 392 g/mol. The second kappa shape index (κ2) is 8.05. The van der Waals surface area contributed by atoms with Gasteiger partial charge in [0, 0.05) is 41.6 Å². The van der Waals surface area contributed by atoms with Gasteiger partial charge in [-0.1, -0.05) is 29.8 Å². The summed E-state index contributed by atoms with van der Waals surface area (Å²) in [6.45, 7) is 0.630. The molecule has 1 aliphatic rings. The Morgan fingerprint density at radius 3 is 2.83 bits per heavy atom. The van der Waals surface area contributed by atoms with E-state index in [4.69, 9.17) is 11.6 Å². The van der Waals surface area contributed by atoms with Crippen LogP contribution in [0.3, 0.4) is 0 Å². The van der Waals surface area contributed by atoms with Crippen LogP contribution in [0, 0.1) is 10.1 Å². The Morgan fingerprint density at radius 2 is 2.10 bits per heavy atom. The zero-order valence-electron chi connectivity index (χ0n) is 15.6. The number of halogens is 1. The minimum atomic E-state index is -0.475. The first-order valence-electron chi connectivity index (χ1n) is 9.36. The largest absolute Gasteiger partial charge is 0.335 e. The highest BCUT2D eigenvalue weighted by atomic mass is 35.5. The molecule has 148 valence electrons. The van der Waals surface area contributed by atoms with E-state index in [1.165, 1.54) is 12.4 Å². The molecule has 1 fully saturated rings. The fourth-order valence-electron chi connectivity index (χ4n) is 3.82. The molecule has 1 aliphatic heterocycles. The number of carbonyl (C=O) groups is 1. The van der Waals surface area contributed by atoms with E-state index >= 15 is 0 Å². The lowest BCUT2D eigenvalue weighted by molar-refractivity contribution is -0.384. The van der Waals surface area contributed by atoms with Gasteiger partial charge in [-0.25, -0.2) is 4.98 Å². The van der Waals surface area contributed by atoms with Crippen LogP contribution in [0.1, 0.15) is 28.8 Å². The van der Waals surface area contributed by atoms with Gasteiger partial charge in [-0.05, 0) is 43.0 Å². The van der Waals surface area contributed by atoms with Crippen LogP contribution < -0.4 is 0 Å². The molecule has 2 aromatic carbocycles. The van der Waals surface area contributed by atoms with Crippen molar-refractivity contribution < 1.29 is 9.72 Å². The number of nitro groups is 1. The number of nitro benzene ring substituents is 1. The number of likely N-dealkylation sites (tertiary alicyclic amines) is 1. The van der Waals surface area contributed by atoms with Crippen molar-refractivity contribution in [2.75, 3.05) is 6.54 Å². The third-order valence-electron chi connectivity index (χ3n) is 5.25. The highest BCUT2D eigenvalue weighted by Gasteiger charge is 2.31. The molecular formula is C21H19ClN4O3. The fourth-order valence-corrected chi connectivity index (χ4v) is 4.03. The molecule has 1 aromatic heterocycles. The van der Waals surface area contributed by atoms with Crippen molar-refractivity contribution in [3.63, 3.8) is 0 Å². The van der Waals surface area contributed by atoms with Gasteiger partial charge in [0.05, 0.1) is 11.3 Å². The zero-order chi connectivity index (χ0) is 20.4. The topological polar surface area (TPSA) is 81.3 Å². The van der Waals surface area contributed by atoms with Crippen LogP contribution in [-0.2, 0) is 6.42 Å². The Kier molecular flexibility index (Phi) is 5.31. The highest BCUT2D eigenvalue weighted by molar-refractivity contribution is 6.31. The van der Waals surface area contributed by atoms with E-state index in [9.17, 15) is 14.9 Å². The van der Waals surface area contributed by atoms with Gasteiger partial charge >= 0.3 is 0 Å². The third-order valence-corrected chi connectivity index (χ3v) is 5.62. The summed E-state index contributed by atoms with van der Waals surface area (Å²) in [4.78, 5) is 30.0. The maximum Gasteiger partial charge on any atom is 0.294 e. The maximum atomic E-state index is 13.2. The van der Waals surface area contributed by atoms with Crippen LogP contribution in [0.15, 0.2) is 61.2 Å². The summed E-state index contributed by atoms with van der Waals surface area (Å²) in [5.74, 6) is -0.195. The Morgan fingerprint density at radius 1 is 1.28 bits per heavy atom. The molecule has 0 spiro atoms. The lowest BCUT2D eigenvalue weighted by Crippen LogP contribution is -2.36. The summed E-state index contributed by atoms with van der Waals surface area (Å²) in [5, 5.41) is 12.3. The van der Waals surface area contributed by atoms with Crippen molar-refractivity contribution in [3.8, 4) is 5.69 Å². The van der Waals surface area contributed by atoms with Crippen molar-refractivity contribution >= 4 is 23.2 Å². The summed E-state index contributed by atoms with van der Waals surface area (Å²) in [6.07, 6.45) is 7.11. The molecule has 3 aromatic rings. The van der Waals surface area contributed by atoms with E-state index in [0.717, 1.165) is 18.4 Å². The van der Waals surface area contributed by atoms with Gasteiger partial charge in [-0.2, -0.15) is 0 Å². The van der Waals surface area contributed by atoms with E-state index in [-0.39, 0.29) is 17.6 Å². The Bertz CT molecular complexity index is 1050. The zero-order valence-corrected chi connectivity index (χ0v) is 16.3. The Balaban J connectivity index is 1.61. The maximum absolute atomic E-state index is 13.2. The second-order valence-corrected chi connectivity index (χ2v) is 7.43. The van der Waals surface area contributed by atoms with E-state index in [1.807, 2.05) is 24.3 Å². The van der Waals surface area contributed by atoms with E-state index in [0.29, 0.717) is 29.2 Å². The van der Waals surface area contributed by atoms with Crippen molar-refractivity contribution in [2.45, 2.75) is 25.3 Å². The van der Waals surface area contributed by atoms with Crippen molar-refractivity contribution in [2.24, 2.45) is 0 Å². The average molecular weight is 411 g/mol. The number of nitrogens with zero attached hydrogens (tertiary/aromatic N) is 4. The van der Waals surface area contributed by atoms with Gasteiger partial charge in [0.25, 0.3) is 11.6 Å². The number of amides is 1. The molecule has 1 unspecified atom stereocenters. The Hall–Kier alpha value is -3.19. The van der Waals surface area contributed by atoms with Gasteiger partial charge in [-0.3, -0.25) is 14.9 Å². The summed E-state index contributed by atoms with van der Waals surface area (Å²) >= 11 is 6.28. The number of carbonyl (C=O) groups excluding carboxylic acids is 1. The third kappa shape index (κ3) is 3.86. The monoisotopic (exact) mass is 410 g/mol. The molecule has 0 N–H and O–H groups in total. The Labute approximate surface area is 172 Å². The van der Waals surface area contributed by atoms with Gasteiger partial charge in [-0.15, -0.1) is 0 Å². The molecule has 2 heterocycles. The van der Waals surface area contributed by atoms with Crippen molar-refractivity contribution in [1.82, 2.24) is 14.5 Å². The highest BCUT2D eigenvalue weighted by Crippen LogP contribution is 2.29. The standard InChI is InChI=1S/C21H19ClN4O3/c22-18-6-2-1-4-15(18)12-17-5-3-10-25(17)21(27)16-7-8-19(20(13-16)26(28)29)24-11-9-23-14-24/h1-2,4,6-9,11,13-14,17H,3,5,10,12H2. The number of imidazole rings is 1. The first kappa shape index (κ1) is 19.1. The summed E-state index contributed by atoms with van der Waals surface area (Å²) in [6, 6.07) is 12.2. The molecule has 4 rings (SSSR count). The summed E-state index contributed by atoms with van der Waals surface area (Å²) in [5.41, 5.74) is 1.56. The van der Waals surface area contributed by atoms with Gasteiger partial charge in [0.1, 0.15) is 5.69 Å². The van der Waals surface area contributed by atoms with Gasteiger partial charge in [0.2, 0.25) is 0 Å². The van der Waals surface area contributed by atoms with Crippen LogP contribution in [0.4, 0.5) is 5.69 Å². The molecule has 1 amide bonds. The SMILES string of the molecule is O=C(c1ccc(-n2ccnc2)c([N+](=O)[O-])c1)N1CCCC1Cc1ccccc1Cl. The van der Waals surface area contributed by atoms with Gasteiger partial charge in [0.15, 0.2) is 0 Å². The van der Waals surface area contributed by atoms with Gasteiger partial charge < -0.3 is 9.47 Å². The normalized spacial score (nSPS) is 16.2. The first-order valence-corrected chi connectivity index (χ1v) is 9.73. The predicted octanol–water partition coefficient (Wildman–Crippen LogP) is 4.28. The molecule has 29 heavy (non-hydrogen) atoms. The van der Waals surface area contributed by atoms with Crippen LogP contribution in [-0.4, -0.2) is 37.9 Å². The number of hydrogen-bond acceptors (Lipinski definition) is 4. The lowest BCUT2D eigenvalue weighted by atomic mass is 10.0. The molecule has 0 radical (unpaired) electrons. The number of hydrogen-bond donors (Lipinski definition) is 0. The molecule has 0 saturated carbocycles. The predicted molar refractivity (Wildman–Crippen MR) is 109 cm³/mol. The number of aromatic nitrogens is 2. The second-order valence-electron chi connectivity index (χ2n) is 7.02. The quantitative estimate of drug-likeness (QED) is 0.464. The lowest BCUT2D eigenvalue weighted by Gasteiger charge is -2.25. The molecule has 1 saturated heterocycles. The minimum absolute atomic E-state index is 0.0229. The molecule has 7 nitrogen and oxygen atoms in total. The van der Waals surface area contributed by atoms with E-state index in [1.54, 1.807) is 34.0 Å². The van der Waals surface area contributed by atoms with E-state index in [2.05, 4.69) is 4.98 Å². The van der Waals surface area contributed by atoms with Crippen molar-refractivity contribution in [3.05, 3.63) is 87.4 Å². The molecule has 0 aliphatic carbocycles. The fraction of sp³-hybridized carbons (Fsp3) is 0.238. The van der Waals surface area contributed by atoms with Crippen molar-refractivity contribution in [1.29, 1.82) is 0 Å². The van der Waals surface area contributed by atoms with E-state index < -0.39 is 4.92 Å². The first-order chi connectivity index (χ1) is 14.0. The minimum Gasteiger partial charge on any atom is -0.335 e.